The second-order valence-electron chi connectivity index (χ2n) is 6.66. The Labute approximate surface area is 168 Å². The number of rotatable bonds is 5. The summed E-state index contributed by atoms with van der Waals surface area (Å²) in [6.45, 7) is 3.46. The van der Waals surface area contributed by atoms with Crippen LogP contribution in [0, 0.1) is 13.8 Å². The molecule has 0 radical (unpaired) electrons. The zero-order chi connectivity index (χ0) is 20.8. The van der Waals surface area contributed by atoms with E-state index in [0.29, 0.717) is 11.5 Å². The molecule has 0 fully saturated rings. The molecule has 3 rings (SSSR count). The summed E-state index contributed by atoms with van der Waals surface area (Å²) >= 11 is 0. The Hall–Kier alpha value is -3.55. The zero-order valence-electron chi connectivity index (χ0n) is 16.2. The second-order valence-corrected chi connectivity index (χ2v) is 6.66. The van der Waals surface area contributed by atoms with Crippen LogP contribution >= 0.6 is 0 Å². The van der Waals surface area contributed by atoms with Crippen molar-refractivity contribution in [1.29, 1.82) is 0 Å². The van der Waals surface area contributed by atoms with Crippen LogP contribution in [-0.2, 0) is 25.5 Å². The number of hydrogen-bond donors (Lipinski definition) is 2. The van der Waals surface area contributed by atoms with E-state index in [9.17, 15) is 14.4 Å². The molecule has 1 aliphatic heterocycles. The van der Waals surface area contributed by atoms with E-state index in [1.807, 2.05) is 32.0 Å². The first-order chi connectivity index (χ1) is 13.9. The number of benzene rings is 2. The lowest BCUT2D eigenvalue weighted by Crippen LogP contribution is -2.51. The number of nitrogens with one attached hydrogen (secondary N) is 2. The minimum atomic E-state index is -0.905. The lowest BCUT2D eigenvalue weighted by Gasteiger charge is -2.25. The summed E-state index contributed by atoms with van der Waals surface area (Å²) in [7, 11) is 0. The van der Waals surface area contributed by atoms with Gasteiger partial charge in [0.15, 0.2) is 18.1 Å². The number of esters is 1. The number of ether oxygens (including phenoxy) is 3. The highest BCUT2D eigenvalue weighted by atomic mass is 16.6. The maximum Gasteiger partial charge on any atom is 0.310 e. The smallest absolute Gasteiger partial charge is 0.310 e. The lowest BCUT2D eigenvalue weighted by molar-refractivity contribution is -0.148. The number of fused-ring (bicyclic) bond motifs is 1. The average Bonchev–Trinajstić information content (AvgIpc) is 2.72. The van der Waals surface area contributed by atoms with Crippen molar-refractivity contribution in [2.45, 2.75) is 26.4 Å². The summed E-state index contributed by atoms with van der Waals surface area (Å²) < 4.78 is 15.9. The number of carbonyl (C=O) groups is 3. The van der Waals surface area contributed by atoms with Crippen molar-refractivity contribution in [3.63, 3.8) is 0 Å². The van der Waals surface area contributed by atoms with Gasteiger partial charge in [-0.05, 0) is 42.7 Å². The standard InChI is InChI=1S/C21H22N2O6/c1-13-7-8-15(9-14(13)2)10-20(25)28-12-19(24)22-23-21(26)18-11-27-16-5-3-4-6-17(16)29-18/h3-9,18H,10-12H2,1-2H3,(H,22,24)(H,23,26)/t18-/m1/s1. The number of aryl methyl sites for hydroxylation is 2. The van der Waals surface area contributed by atoms with Crippen LogP contribution in [0.25, 0.3) is 0 Å². The molecule has 8 heteroatoms. The first-order valence-electron chi connectivity index (χ1n) is 9.11. The molecule has 29 heavy (non-hydrogen) atoms. The molecule has 152 valence electrons. The highest BCUT2D eigenvalue weighted by Gasteiger charge is 2.27. The van der Waals surface area contributed by atoms with Crippen LogP contribution in [0.2, 0.25) is 0 Å². The average molecular weight is 398 g/mol. The van der Waals surface area contributed by atoms with Gasteiger partial charge in [0.1, 0.15) is 6.61 Å². The molecule has 2 N–H and O–H groups in total. The molecule has 1 aliphatic rings. The fourth-order valence-corrected chi connectivity index (χ4v) is 2.67. The normalized spacial score (nSPS) is 14.6. The van der Waals surface area contributed by atoms with Crippen molar-refractivity contribution in [3.05, 3.63) is 59.2 Å². The maximum atomic E-state index is 12.1. The van der Waals surface area contributed by atoms with E-state index in [1.54, 1.807) is 24.3 Å². The van der Waals surface area contributed by atoms with E-state index < -0.39 is 30.5 Å². The Morgan fingerprint density at radius 1 is 1.03 bits per heavy atom. The molecular formula is C21H22N2O6. The maximum absolute atomic E-state index is 12.1. The highest BCUT2D eigenvalue weighted by molar-refractivity contribution is 5.86. The van der Waals surface area contributed by atoms with Gasteiger partial charge in [-0.25, -0.2) is 0 Å². The largest absolute Gasteiger partial charge is 0.485 e. The van der Waals surface area contributed by atoms with Gasteiger partial charge in [0.05, 0.1) is 6.42 Å². The molecule has 0 spiro atoms. The van der Waals surface area contributed by atoms with Crippen LogP contribution in [0.4, 0.5) is 0 Å². The molecule has 8 nitrogen and oxygen atoms in total. The van der Waals surface area contributed by atoms with E-state index >= 15 is 0 Å². The Kier molecular flexibility index (Phi) is 6.33. The summed E-state index contributed by atoms with van der Waals surface area (Å²) in [4.78, 5) is 35.8. The lowest BCUT2D eigenvalue weighted by atomic mass is 10.0. The van der Waals surface area contributed by atoms with Crippen LogP contribution < -0.4 is 20.3 Å². The summed E-state index contributed by atoms with van der Waals surface area (Å²) in [5.41, 5.74) is 7.44. The van der Waals surface area contributed by atoms with Crippen molar-refractivity contribution in [1.82, 2.24) is 10.9 Å². The summed E-state index contributed by atoms with van der Waals surface area (Å²) in [6, 6.07) is 12.6. The molecule has 0 saturated carbocycles. The third-order valence-corrected chi connectivity index (χ3v) is 4.41. The fraction of sp³-hybridized carbons (Fsp3) is 0.286. The fourth-order valence-electron chi connectivity index (χ4n) is 2.67. The second kappa shape index (κ2) is 9.09. The van der Waals surface area contributed by atoms with Crippen LogP contribution in [-0.4, -0.2) is 37.1 Å². The van der Waals surface area contributed by atoms with E-state index in [2.05, 4.69) is 10.9 Å². The van der Waals surface area contributed by atoms with E-state index in [4.69, 9.17) is 14.2 Å². The molecule has 0 bridgehead atoms. The number of carbonyl (C=O) groups excluding carboxylic acids is 3. The minimum absolute atomic E-state index is 0.0175. The predicted molar refractivity (Wildman–Crippen MR) is 103 cm³/mol. The van der Waals surface area contributed by atoms with Gasteiger partial charge in [-0.1, -0.05) is 30.3 Å². The Morgan fingerprint density at radius 3 is 2.55 bits per heavy atom. The van der Waals surface area contributed by atoms with Gasteiger partial charge in [-0.2, -0.15) is 0 Å². The highest BCUT2D eigenvalue weighted by Crippen LogP contribution is 2.30. The Morgan fingerprint density at radius 2 is 1.79 bits per heavy atom. The SMILES string of the molecule is Cc1ccc(CC(=O)OCC(=O)NNC(=O)[C@H]2COc3ccccc3O2)cc1C. The van der Waals surface area contributed by atoms with Gasteiger partial charge < -0.3 is 14.2 Å². The van der Waals surface area contributed by atoms with Crippen LogP contribution in [0.15, 0.2) is 42.5 Å². The number of para-hydroxylation sites is 2. The van der Waals surface area contributed by atoms with Crippen molar-refractivity contribution in [2.75, 3.05) is 13.2 Å². The molecule has 2 amide bonds. The first-order valence-corrected chi connectivity index (χ1v) is 9.11. The van der Waals surface area contributed by atoms with Crippen molar-refractivity contribution < 1.29 is 28.6 Å². The Balaban J connectivity index is 1.39. The molecule has 0 saturated heterocycles. The van der Waals surface area contributed by atoms with E-state index in [1.165, 1.54) is 0 Å². The summed E-state index contributed by atoms with van der Waals surface area (Å²) in [5.74, 6) is -0.768. The van der Waals surface area contributed by atoms with Gasteiger partial charge >= 0.3 is 5.97 Å². The number of hydrogen-bond acceptors (Lipinski definition) is 6. The van der Waals surface area contributed by atoms with Gasteiger partial charge in [-0.15, -0.1) is 0 Å². The molecule has 1 heterocycles. The quantitative estimate of drug-likeness (QED) is 0.583. The van der Waals surface area contributed by atoms with Crippen LogP contribution in [0.3, 0.4) is 0 Å². The summed E-state index contributed by atoms with van der Waals surface area (Å²) in [6.07, 6.45) is -0.842. The molecular weight excluding hydrogens is 376 g/mol. The molecule has 0 aromatic heterocycles. The van der Waals surface area contributed by atoms with Gasteiger partial charge in [0, 0.05) is 0 Å². The zero-order valence-corrected chi connectivity index (χ0v) is 16.2. The first kappa shape index (κ1) is 20.2. The molecule has 2 aromatic carbocycles. The van der Waals surface area contributed by atoms with Gasteiger partial charge in [-0.3, -0.25) is 25.2 Å². The van der Waals surface area contributed by atoms with Crippen molar-refractivity contribution >= 4 is 17.8 Å². The molecule has 2 aromatic rings. The van der Waals surface area contributed by atoms with Crippen LogP contribution in [0.5, 0.6) is 11.5 Å². The van der Waals surface area contributed by atoms with E-state index in [-0.39, 0.29) is 13.0 Å². The monoisotopic (exact) mass is 398 g/mol. The molecule has 0 unspecified atom stereocenters. The third kappa shape index (κ3) is 5.47. The van der Waals surface area contributed by atoms with Crippen molar-refractivity contribution in [2.24, 2.45) is 0 Å². The van der Waals surface area contributed by atoms with Crippen molar-refractivity contribution in [3.8, 4) is 11.5 Å². The Bertz CT molecular complexity index is 927. The third-order valence-electron chi connectivity index (χ3n) is 4.41. The van der Waals surface area contributed by atoms with Gasteiger partial charge in [0.25, 0.3) is 11.8 Å². The molecule has 1 atom stereocenters. The predicted octanol–water partition coefficient (Wildman–Crippen LogP) is 1.38. The van der Waals surface area contributed by atoms with E-state index in [0.717, 1.165) is 16.7 Å². The van der Waals surface area contributed by atoms with Crippen LogP contribution in [0.1, 0.15) is 16.7 Å². The summed E-state index contributed by atoms with van der Waals surface area (Å²) in [5, 5.41) is 0. The minimum Gasteiger partial charge on any atom is -0.485 e. The topological polar surface area (TPSA) is 103 Å². The number of amides is 2. The molecule has 0 aliphatic carbocycles. The van der Waals surface area contributed by atoms with Gasteiger partial charge in [0.2, 0.25) is 6.10 Å². The number of hydrazine groups is 1.